The summed E-state index contributed by atoms with van der Waals surface area (Å²) in [5.74, 6) is -0.645. The largest absolute Gasteiger partial charge is 0.345 e. The molecule has 6 heteroatoms. The molecule has 0 aliphatic carbocycles. The Balaban J connectivity index is 1.49. The maximum absolute atomic E-state index is 13.0. The van der Waals surface area contributed by atoms with Crippen molar-refractivity contribution in [3.05, 3.63) is 130 Å². The van der Waals surface area contributed by atoms with Gasteiger partial charge in [0.1, 0.15) is 5.56 Å². The maximum Gasteiger partial charge on any atom is 0.267 e. The number of aryl methyl sites for hydroxylation is 1. The van der Waals surface area contributed by atoms with E-state index < -0.39 is 11.5 Å². The Hall–Kier alpha value is -4.45. The van der Waals surface area contributed by atoms with Crippen LogP contribution in [0.2, 0.25) is 0 Å². The van der Waals surface area contributed by atoms with E-state index in [0.717, 1.165) is 11.1 Å². The van der Waals surface area contributed by atoms with Crippen LogP contribution < -0.4 is 16.2 Å². The molecule has 0 aliphatic rings. The topological polar surface area (TPSA) is 80.2 Å². The van der Waals surface area contributed by atoms with Crippen molar-refractivity contribution in [3.63, 3.8) is 0 Å². The number of aromatic nitrogens is 1. The van der Waals surface area contributed by atoms with E-state index in [2.05, 4.69) is 10.6 Å². The van der Waals surface area contributed by atoms with Gasteiger partial charge in [0.25, 0.3) is 17.4 Å². The quantitative estimate of drug-likeness (QED) is 0.438. The van der Waals surface area contributed by atoms with Crippen LogP contribution in [0.15, 0.2) is 102 Å². The SMILES string of the molecule is Cc1ccc(C(=O)Nc2ccc(-n3cccc(C(=O)NC(C)c4ccccc4)c3=O)cc2)cc1. The van der Waals surface area contributed by atoms with E-state index in [1.165, 1.54) is 10.6 Å². The maximum atomic E-state index is 13.0. The van der Waals surface area contributed by atoms with Gasteiger partial charge in [-0.3, -0.25) is 19.0 Å². The molecule has 0 radical (unpaired) electrons. The van der Waals surface area contributed by atoms with Gasteiger partial charge in [-0.15, -0.1) is 0 Å². The van der Waals surface area contributed by atoms with Crippen molar-refractivity contribution in [2.75, 3.05) is 5.32 Å². The Bertz CT molecular complexity index is 1360. The summed E-state index contributed by atoms with van der Waals surface area (Å²) in [5, 5.41) is 5.73. The van der Waals surface area contributed by atoms with Crippen LogP contribution in [0, 0.1) is 6.92 Å². The second kappa shape index (κ2) is 10.0. The third-order valence-corrected chi connectivity index (χ3v) is 5.56. The molecule has 1 unspecified atom stereocenters. The number of carbonyl (C=O) groups is 2. The number of pyridine rings is 1. The van der Waals surface area contributed by atoms with E-state index in [0.29, 0.717) is 16.9 Å². The van der Waals surface area contributed by atoms with Crippen molar-refractivity contribution in [1.82, 2.24) is 9.88 Å². The fraction of sp³-hybridized carbons (Fsp3) is 0.107. The molecule has 3 aromatic carbocycles. The standard InChI is InChI=1S/C28H25N3O3/c1-19-10-12-22(13-11-19)26(32)30-23-14-16-24(17-15-23)31-18-6-9-25(28(31)34)27(33)29-20(2)21-7-4-3-5-8-21/h3-18,20H,1-2H3,(H,29,33)(H,30,32). The fourth-order valence-corrected chi connectivity index (χ4v) is 3.58. The Kier molecular flexibility index (Phi) is 6.69. The molecule has 0 saturated carbocycles. The molecular formula is C28H25N3O3. The molecule has 1 heterocycles. The van der Waals surface area contributed by atoms with Crippen molar-refractivity contribution < 1.29 is 9.59 Å². The molecule has 0 fully saturated rings. The van der Waals surface area contributed by atoms with Crippen LogP contribution in [0.1, 0.15) is 44.8 Å². The highest BCUT2D eigenvalue weighted by Gasteiger charge is 2.16. The van der Waals surface area contributed by atoms with Crippen LogP contribution in [-0.2, 0) is 0 Å². The van der Waals surface area contributed by atoms with Crippen LogP contribution in [0.25, 0.3) is 5.69 Å². The molecule has 6 nitrogen and oxygen atoms in total. The summed E-state index contributed by atoms with van der Waals surface area (Å²) in [4.78, 5) is 38.3. The van der Waals surface area contributed by atoms with Crippen LogP contribution in [0.3, 0.4) is 0 Å². The molecule has 2 amide bonds. The molecule has 1 aromatic heterocycles. The van der Waals surface area contributed by atoms with Gasteiger partial charge in [0, 0.05) is 23.1 Å². The zero-order valence-electron chi connectivity index (χ0n) is 19.0. The zero-order chi connectivity index (χ0) is 24.1. The first kappa shape index (κ1) is 22.7. The van der Waals surface area contributed by atoms with Crippen molar-refractivity contribution in [2.24, 2.45) is 0 Å². The molecule has 1 atom stereocenters. The van der Waals surface area contributed by atoms with E-state index in [9.17, 15) is 14.4 Å². The Morgan fingerprint density at radius 2 is 1.47 bits per heavy atom. The number of hydrogen-bond donors (Lipinski definition) is 2. The second-order valence-corrected chi connectivity index (χ2v) is 8.07. The first-order chi connectivity index (χ1) is 16.4. The lowest BCUT2D eigenvalue weighted by Gasteiger charge is -2.15. The van der Waals surface area contributed by atoms with Crippen LogP contribution in [-0.4, -0.2) is 16.4 Å². The van der Waals surface area contributed by atoms with Crippen molar-refractivity contribution in [1.29, 1.82) is 0 Å². The third-order valence-electron chi connectivity index (χ3n) is 5.56. The molecule has 0 saturated heterocycles. The Morgan fingerprint density at radius 1 is 0.794 bits per heavy atom. The second-order valence-electron chi connectivity index (χ2n) is 8.07. The van der Waals surface area contributed by atoms with E-state index in [1.807, 2.05) is 56.3 Å². The molecule has 0 bridgehead atoms. The molecular weight excluding hydrogens is 426 g/mol. The average Bonchev–Trinajstić information content (AvgIpc) is 2.85. The predicted molar refractivity (Wildman–Crippen MR) is 133 cm³/mol. The lowest BCUT2D eigenvalue weighted by molar-refractivity contribution is 0.0937. The highest BCUT2D eigenvalue weighted by atomic mass is 16.2. The molecule has 34 heavy (non-hydrogen) atoms. The number of anilines is 1. The molecule has 2 N–H and O–H groups in total. The summed E-state index contributed by atoms with van der Waals surface area (Å²) in [7, 11) is 0. The normalized spacial score (nSPS) is 11.5. The minimum atomic E-state index is -0.433. The van der Waals surface area contributed by atoms with Crippen LogP contribution in [0.5, 0.6) is 0 Å². The molecule has 0 aliphatic heterocycles. The summed E-state index contributed by atoms with van der Waals surface area (Å²) in [6.07, 6.45) is 1.61. The van der Waals surface area contributed by atoms with Crippen molar-refractivity contribution in [3.8, 4) is 5.69 Å². The summed E-state index contributed by atoms with van der Waals surface area (Å²) in [5.41, 5.74) is 3.43. The predicted octanol–water partition coefficient (Wildman–Crippen LogP) is 4.89. The summed E-state index contributed by atoms with van der Waals surface area (Å²) < 4.78 is 1.41. The highest BCUT2D eigenvalue weighted by molar-refractivity contribution is 6.04. The Morgan fingerprint density at radius 3 is 2.15 bits per heavy atom. The van der Waals surface area contributed by atoms with E-state index in [1.54, 1.807) is 48.7 Å². The molecule has 4 aromatic rings. The van der Waals surface area contributed by atoms with E-state index in [4.69, 9.17) is 0 Å². The van der Waals surface area contributed by atoms with Gasteiger partial charge < -0.3 is 10.6 Å². The smallest absolute Gasteiger partial charge is 0.267 e. The highest BCUT2D eigenvalue weighted by Crippen LogP contribution is 2.15. The van der Waals surface area contributed by atoms with Crippen molar-refractivity contribution in [2.45, 2.75) is 19.9 Å². The minimum Gasteiger partial charge on any atom is -0.345 e. The first-order valence-electron chi connectivity index (χ1n) is 11.0. The third kappa shape index (κ3) is 5.13. The van der Waals surface area contributed by atoms with Crippen LogP contribution in [0.4, 0.5) is 5.69 Å². The van der Waals surface area contributed by atoms with Crippen LogP contribution >= 0.6 is 0 Å². The van der Waals surface area contributed by atoms with Gasteiger partial charge in [0.2, 0.25) is 0 Å². The lowest BCUT2D eigenvalue weighted by Crippen LogP contribution is -2.33. The van der Waals surface area contributed by atoms with Gasteiger partial charge in [-0.1, -0.05) is 48.0 Å². The number of nitrogens with one attached hydrogen (secondary N) is 2. The Labute approximate surface area is 197 Å². The number of amides is 2. The van der Waals surface area contributed by atoms with Gasteiger partial charge in [0.05, 0.1) is 6.04 Å². The fourth-order valence-electron chi connectivity index (χ4n) is 3.58. The zero-order valence-corrected chi connectivity index (χ0v) is 19.0. The van der Waals surface area contributed by atoms with Gasteiger partial charge >= 0.3 is 0 Å². The summed E-state index contributed by atoms with van der Waals surface area (Å²) in [6, 6.07) is 26.7. The van der Waals surface area contributed by atoms with E-state index >= 15 is 0 Å². The van der Waals surface area contributed by atoms with Gasteiger partial charge in [-0.05, 0) is 67.9 Å². The van der Waals surface area contributed by atoms with E-state index in [-0.39, 0.29) is 17.5 Å². The minimum absolute atomic E-state index is 0.0574. The van der Waals surface area contributed by atoms with Crippen molar-refractivity contribution >= 4 is 17.5 Å². The molecule has 0 spiro atoms. The van der Waals surface area contributed by atoms with Gasteiger partial charge in [-0.2, -0.15) is 0 Å². The average molecular weight is 452 g/mol. The monoisotopic (exact) mass is 451 g/mol. The van der Waals surface area contributed by atoms with Gasteiger partial charge in [0.15, 0.2) is 0 Å². The number of rotatable bonds is 6. The molecule has 170 valence electrons. The number of carbonyl (C=O) groups excluding carboxylic acids is 2. The molecule has 4 rings (SSSR count). The summed E-state index contributed by atoms with van der Waals surface area (Å²) >= 11 is 0. The summed E-state index contributed by atoms with van der Waals surface area (Å²) in [6.45, 7) is 3.84. The number of nitrogens with zero attached hydrogens (tertiary/aromatic N) is 1. The number of benzene rings is 3. The lowest BCUT2D eigenvalue weighted by atomic mass is 10.1. The number of hydrogen-bond acceptors (Lipinski definition) is 3. The first-order valence-corrected chi connectivity index (χ1v) is 11.0. The van der Waals surface area contributed by atoms with Gasteiger partial charge in [-0.25, -0.2) is 0 Å².